The molecular formula is C15H23N3O3S. The van der Waals surface area contributed by atoms with Crippen LogP contribution in [-0.2, 0) is 10.0 Å². The predicted molar refractivity (Wildman–Crippen MR) is 87.3 cm³/mol. The van der Waals surface area contributed by atoms with E-state index in [1.165, 1.54) is 0 Å². The number of rotatable bonds is 5. The Morgan fingerprint density at radius 3 is 2.82 bits per heavy atom. The van der Waals surface area contributed by atoms with Crippen LogP contribution in [0.5, 0.6) is 0 Å². The highest BCUT2D eigenvalue weighted by Crippen LogP contribution is 2.21. The second-order valence-electron chi connectivity index (χ2n) is 5.62. The maximum Gasteiger partial charge on any atom is 0.256 e. The third kappa shape index (κ3) is 4.20. The van der Waals surface area contributed by atoms with Crippen LogP contribution in [0.4, 0.5) is 5.69 Å². The van der Waals surface area contributed by atoms with Crippen molar-refractivity contribution in [2.45, 2.75) is 32.2 Å². The second kappa shape index (κ2) is 7.11. The lowest BCUT2D eigenvalue weighted by molar-refractivity contribution is 0.0710. The number of amides is 1. The summed E-state index contributed by atoms with van der Waals surface area (Å²) in [6.45, 7) is 2.96. The van der Waals surface area contributed by atoms with E-state index in [2.05, 4.69) is 4.72 Å². The summed E-state index contributed by atoms with van der Waals surface area (Å²) in [7, 11) is -3.43. The van der Waals surface area contributed by atoms with Crippen molar-refractivity contribution in [1.82, 2.24) is 4.90 Å². The molecule has 1 aliphatic heterocycles. The van der Waals surface area contributed by atoms with Gasteiger partial charge in [0, 0.05) is 19.1 Å². The number of para-hydroxylation sites is 1. The van der Waals surface area contributed by atoms with Crippen LogP contribution >= 0.6 is 0 Å². The highest BCUT2D eigenvalue weighted by molar-refractivity contribution is 7.92. The average Bonchev–Trinajstić information content (AvgIpc) is 2.46. The lowest BCUT2D eigenvalue weighted by Crippen LogP contribution is -2.45. The Kier molecular flexibility index (Phi) is 5.42. The maximum atomic E-state index is 12.6. The number of carbonyl (C=O) groups excluding carboxylic acids is 1. The molecule has 1 heterocycles. The number of benzene rings is 1. The molecule has 1 aromatic carbocycles. The Labute approximate surface area is 131 Å². The predicted octanol–water partition coefficient (Wildman–Crippen LogP) is 1.40. The molecule has 22 heavy (non-hydrogen) atoms. The first-order chi connectivity index (χ1) is 10.4. The number of nitrogens with zero attached hydrogens (tertiary/aromatic N) is 1. The fourth-order valence-corrected chi connectivity index (χ4v) is 3.76. The number of likely N-dealkylation sites (tertiary alicyclic amines) is 1. The van der Waals surface area contributed by atoms with Crippen molar-refractivity contribution in [2.75, 3.05) is 23.6 Å². The average molecular weight is 325 g/mol. The molecule has 1 saturated heterocycles. The number of hydrogen-bond donors (Lipinski definition) is 2. The summed E-state index contributed by atoms with van der Waals surface area (Å²) in [4.78, 5) is 14.3. The Bertz CT molecular complexity index is 631. The Morgan fingerprint density at radius 1 is 1.41 bits per heavy atom. The van der Waals surface area contributed by atoms with E-state index in [1.807, 2.05) is 0 Å². The number of sulfonamides is 1. The zero-order valence-electron chi connectivity index (χ0n) is 12.8. The van der Waals surface area contributed by atoms with Gasteiger partial charge in [0.1, 0.15) is 0 Å². The number of anilines is 1. The minimum absolute atomic E-state index is 0.0124. The number of nitrogens with one attached hydrogen (secondary N) is 1. The highest BCUT2D eigenvalue weighted by atomic mass is 32.2. The molecule has 0 radical (unpaired) electrons. The molecule has 1 aliphatic rings. The minimum Gasteiger partial charge on any atom is -0.337 e. The number of hydrogen-bond acceptors (Lipinski definition) is 4. The Morgan fingerprint density at radius 2 is 2.14 bits per heavy atom. The third-order valence-electron chi connectivity index (χ3n) is 3.64. The van der Waals surface area contributed by atoms with Crippen LogP contribution < -0.4 is 10.5 Å². The molecule has 0 bridgehead atoms. The summed E-state index contributed by atoms with van der Waals surface area (Å²) in [5.41, 5.74) is 6.62. The van der Waals surface area contributed by atoms with Gasteiger partial charge in [-0.25, -0.2) is 8.42 Å². The fraction of sp³-hybridized carbons (Fsp3) is 0.533. The zero-order chi connectivity index (χ0) is 16.2. The van der Waals surface area contributed by atoms with Crippen LogP contribution in [0.2, 0.25) is 0 Å². The zero-order valence-corrected chi connectivity index (χ0v) is 13.6. The molecule has 0 spiro atoms. The molecule has 1 aromatic rings. The molecule has 7 heteroatoms. The van der Waals surface area contributed by atoms with Gasteiger partial charge in [-0.2, -0.15) is 0 Å². The normalized spacial score (nSPS) is 19.0. The second-order valence-corrected chi connectivity index (χ2v) is 7.46. The SMILES string of the molecule is CCCS(=O)(=O)Nc1ccccc1C(=O)N1CCCC(N)C1. The fourth-order valence-electron chi connectivity index (χ4n) is 2.61. The molecule has 0 aromatic heterocycles. The number of piperidine rings is 1. The van der Waals surface area contributed by atoms with Crippen molar-refractivity contribution in [1.29, 1.82) is 0 Å². The van der Waals surface area contributed by atoms with Crippen LogP contribution in [0.3, 0.4) is 0 Å². The van der Waals surface area contributed by atoms with Crippen LogP contribution in [0.1, 0.15) is 36.5 Å². The van der Waals surface area contributed by atoms with Gasteiger partial charge in [0.05, 0.1) is 17.0 Å². The van der Waals surface area contributed by atoms with Crippen molar-refractivity contribution in [3.05, 3.63) is 29.8 Å². The molecule has 6 nitrogen and oxygen atoms in total. The highest BCUT2D eigenvalue weighted by Gasteiger charge is 2.24. The van der Waals surface area contributed by atoms with E-state index in [0.717, 1.165) is 12.8 Å². The van der Waals surface area contributed by atoms with Crippen LogP contribution in [0.15, 0.2) is 24.3 Å². The summed E-state index contributed by atoms with van der Waals surface area (Å²) in [6, 6.07) is 6.69. The van der Waals surface area contributed by atoms with Crippen molar-refractivity contribution in [3.63, 3.8) is 0 Å². The topological polar surface area (TPSA) is 92.5 Å². The first-order valence-electron chi connectivity index (χ1n) is 7.57. The van der Waals surface area contributed by atoms with Crippen LogP contribution in [-0.4, -0.2) is 44.1 Å². The van der Waals surface area contributed by atoms with Gasteiger partial charge in [-0.15, -0.1) is 0 Å². The molecule has 2 rings (SSSR count). The van der Waals surface area contributed by atoms with Gasteiger partial charge in [0.2, 0.25) is 10.0 Å². The molecule has 1 amide bonds. The van der Waals surface area contributed by atoms with Gasteiger partial charge < -0.3 is 10.6 Å². The maximum absolute atomic E-state index is 12.6. The van der Waals surface area contributed by atoms with E-state index >= 15 is 0 Å². The van der Waals surface area contributed by atoms with Gasteiger partial charge in [-0.1, -0.05) is 19.1 Å². The van der Waals surface area contributed by atoms with Gasteiger partial charge in [0.15, 0.2) is 0 Å². The van der Waals surface area contributed by atoms with Crippen molar-refractivity contribution < 1.29 is 13.2 Å². The Balaban J connectivity index is 2.22. The first kappa shape index (κ1) is 16.8. The molecular weight excluding hydrogens is 302 g/mol. The standard InChI is InChI=1S/C15H23N3O3S/c1-2-10-22(20,21)17-14-8-4-3-7-13(14)15(19)18-9-5-6-12(16)11-18/h3-4,7-8,12,17H,2,5-6,9-11,16H2,1H3. The summed E-state index contributed by atoms with van der Waals surface area (Å²) in [5, 5.41) is 0. The molecule has 122 valence electrons. The molecule has 0 aliphatic carbocycles. The summed E-state index contributed by atoms with van der Waals surface area (Å²) < 4.78 is 26.4. The largest absolute Gasteiger partial charge is 0.337 e. The molecule has 1 fully saturated rings. The van der Waals surface area contributed by atoms with E-state index in [9.17, 15) is 13.2 Å². The van der Waals surface area contributed by atoms with Gasteiger partial charge in [-0.05, 0) is 31.4 Å². The molecule has 1 unspecified atom stereocenters. The summed E-state index contributed by atoms with van der Waals surface area (Å²) >= 11 is 0. The lowest BCUT2D eigenvalue weighted by atomic mass is 10.0. The monoisotopic (exact) mass is 325 g/mol. The van der Waals surface area contributed by atoms with E-state index in [4.69, 9.17) is 5.73 Å². The number of nitrogens with two attached hydrogens (primary N) is 1. The van der Waals surface area contributed by atoms with E-state index < -0.39 is 10.0 Å². The van der Waals surface area contributed by atoms with Crippen LogP contribution in [0, 0.1) is 0 Å². The van der Waals surface area contributed by atoms with Crippen molar-refractivity contribution >= 4 is 21.6 Å². The van der Waals surface area contributed by atoms with Crippen molar-refractivity contribution in [3.8, 4) is 0 Å². The summed E-state index contributed by atoms with van der Waals surface area (Å²) in [6.07, 6.45) is 2.30. The lowest BCUT2D eigenvalue weighted by Gasteiger charge is -2.31. The number of carbonyl (C=O) groups is 1. The molecule has 3 N–H and O–H groups in total. The summed E-state index contributed by atoms with van der Waals surface area (Å²) in [5.74, 6) is -0.144. The smallest absolute Gasteiger partial charge is 0.256 e. The molecule has 1 atom stereocenters. The first-order valence-corrected chi connectivity index (χ1v) is 9.22. The van der Waals surface area contributed by atoms with Gasteiger partial charge >= 0.3 is 0 Å². The van der Waals surface area contributed by atoms with E-state index in [-0.39, 0.29) is 17.7 Å². The van der Waals surface area contributed by atoms with Crippen LogP contribution in [0.25, 0.3) is 0 Å². The quantitative estimate of drug-likeness (QED) is 0.856. The van der Waals surface area contributed by atoms with E-state index in [0.29, 0.717) is 30.8 Å². The van der Waals surface area contributed by atoms with Crippen molar-refractivity contribution in [2.24, 2.45) is 5.73 Å². The van der Waals surface area contributed by atoms with Gasteiger partial charge in [0.25, 0.3) is 5.91 Å². The van der Waals surface area contributed by atoms with Gasteiger partial charge in [-0.3, -0.25) is 9.52 Å². The minimum atomic E-state index is -3.43. The van der Waals surface area contributed by atoms with E-state index in [1.54, 1.807) is 36.1 Å². The Hall–Kier alpha value is -1.60. The third-order valence-corrected chi connectivity index (χ3v) is 5.12. The molecule has 0 saturated carbocycles.